The number of likely N-dealkylation sites (tertiary alicyclic amines) is 2. The molecule has 1 N–H and O–H groups in total. The Morgan fingerprint density at radius 1 is 1.24 bits per heavy atom. The van der Waals surface area contributed by atoms with Crippen molar-refractivity contribution in [2.45, 2.75) is 20.0 Å². The number of rotatable bonds is 5. The van der Waals surface area contributed by atoms with Gasteiger partial charge in [-0.15, -0.1) is 11.3 Å². The first kappa shape index (κ1) is 16.7. The molecule has 0 spiro atoms. The second kappa shape index (κ2) is 6.52. The molecule has 0 amide bonds. The van der Waals surface area contributed by atoms with Crippen LogP contribution in [0.15, 0.2) is 35.7 Å². The van der Waals surface area contributed by atoms with Crippen molar-refractivity contribution in [3.63, 3.8) is 0 Å². The van der Waals surface area contributed by atoms with Gasteiger partial charge in [0, 0.05) is 50.6 Å². The van der Waals surface area contributed by atoms with Gasteiger partial charge in [-0.1, -0.05) is 30.3 Å². The fraction of sp³-hybridized carbons (Fsp3) is 0.474. The van der Waals surface area contributed by atoms with Crippen LogP contribution in [-0.4, -0.2) is 52.0 Å². The topological polar surface area (TPSA) is 56.7 Å². The standard InChI is InChI=1S/C19H23N3O2S/c1-14-20-17(11-25-14)10-22-9-16-8-21(7-15-5-3-2-4-6-15)12-19(16,13-22)18(23)24/h2-6,11,16H,7-10,12-13H2,1H3,(H,23,24)/t16-,19-/m1/s1. The monoisotopic (exact) mass is 357 g/mol. The van der Waals surface area contributed by atoms with Crippen molar-refractivity contribution in [1.29, 1.82) is 0 Å². The lowest BCUT2D eigenvalue weighted by Crippen LogP contribution is -2.40. The molecule has 0 radical (unpaired) electrons. The number of aryl methyl sites for hydroxylation is 1. The molecule has 2 aliphatic heterocycles. The number of aromatic nitrogens is 1. The minimum Gasteiger partial charge on any atom is -0.481 e. The van der Waals surface area contributed by atoms with Crippen LogP contribution < -0.4 is 0 Å². The van der Waals surface area contributed by atoms with Gasteiger partial charge in [-0.2, -0.15) is 0 Å². The molecule has 2 fully saturated rings. The highest BCUT2D eigenvalue weighted by Crippen LogP contribution is 2.43. The Balaban J connectivity index is 1.45. The van der Waals surface area contributed by atoms with Gasteiger partial charge in [-0.05, 0) is 12.5 Å². The summed E-state index contributed by atoms with van der Waals surface area (Å²) in [6, 6.07) is 10.3. The number of carboxylic acid groups (broad SMARTS) is 1. The first-order valence-corrected chi connectivity index (χ1v) is 9.56. The van der Waals surface area contributed by atoms with Gasteiger partial charge in [-0.3, -0.25) is 14.6 Å². The maximum Gasteiger partial charge on any atom is 0.312 e. The van der Waals surface area contributed by atoms with Gasteiger partial charge < -0.3 is 5.11 Å². The molecule has 0 bridgehead atoms. The van der Waals surface area contributed by atoms with Gasteiger partial charge in [0.15, 0.2) is 0 Å². The number of carbonyl (C=O) groups is 1. The largest absolute Gasteiger partial charge is 0.481 e. The van der Waals surface area contributed by atoms with Crippen molar-refractivity contribution in [1.82, 2.24) is 14.8 Å². The van der Waals surface area contributed by atoms with Crippen molar-refractivity contribution in [2.24, 2.45) is 11.3 Å². The molecule has 0 unspecified atom stereocenters. The third-order valence-electron chi connectivity index (χ3n) is 5.48. The van der Waals surface area contributed by atoms with E-state index < -0.39 is 11.4 Å². The van der Waals surface area contributed by atoms with E-state index in [1.54, 1.807) is 11.3 Å². The number of hydrogen-bond acceptors (Lipinski definition) is 5. The Morgan fingerprint density at radius 2 is 1.92 bits per heavy atom. The summed E-state index contributed by atoms with van der Waals surface area (Å²) in [6.45, 7) is 6.55. The van der Waals surface area contributed by atoms with Crippen molar-refractivity contribution in [2.75, 3.05) is 26.2 Å². The van der Waals surface area contributed by atoms with E-state index in [0.29, 0.717) is 13.1 Å². The fourth-order valence-electron chi connectivity index (χ4n) is 4.37. The average molecular weight is 357 g/mol. The summed E-state index contributed by atoms with van der Waals surface area (Å²) in [7, 11) is 0. The lowest BCUT2D eigenvalue weighted by Gasteiger charge is -2.25. The van der Waals surface area contributed by atoms with Gasteiger partial charge in [0.25, 0.3) is 0 Å². The molecule has 2 saturated heterocycles. The molecule has 5 nitrogen and oxygen atoms in total. The molecule has 25 heavy (non-hydrogen) atoms. The molecule has 2 aromatic rings. The van der Waals surface area contributed by atoms with Crippen molar-refractivity contribution >= 4 is 17.3 Å². The van der Waals surface area contributed by atoms with Crippen LogP contribution in [0.25, 0.3) is 0 Å². The minimum atomic E-state index is -0.648. The zero-order valence-corrected chi connectivity index (χ0v) is 15.2. The van der Waals surface area contributed by atoms with E-state index in [0.717, 1.165) is 36.9 Å². The first-order chi connectivity index (χ1) is 12.0. The molecule has 2 aliphatic rings. The predicted molar refractivity (Wildman–Crippen MR) is 97.4 cm³/mol. The Morgan fingerprint density at radius 3 is 2.48 bits per heavy atom. The van der Waals surface area contributed by atoms with Gasteiger partial charge >= 0.3 is 5.97 Å². The van der Waals surface area contributed by atoms with E-state index in [1.807, 2.05) is 25.1 Å². The summed E-state index contributed by atoms with van der Waals surface area (Å²) in [4.78, 5) is 21.2. The third kappa shape index (κ3) is 3.21. The van der Waals surface area contributed by atoms with Crippen molar-refractivity contribution in [3.8, 4) is 0 Å². The van der Waals surface area contributed by atoms with Crippen LogP contribution in [-0.2, 0) is 17.9 Å². The lowest BCUT2D eigenvalue weighted by atomic mass is 9.81. The van der Waals surface area contributed by atoms with E-state index >= 15 is 0 Å². The number of thiazole rings is 1. The lowest BCUT2D eigenvalue weighted by molar-refractivity contribution is -0.149. The van der Waals surface area contributed by atoms with E-state index in [2.05, 4.69) is 32.3 Å². The van der Waals surface area contributed by atoms with Crippen molar-refractivity contribution < 1.29 is 9.90 Å². The van der Waals surface area contributed by atoms with Crippen molar-refractivity contribution in [3.05, 3.63) is 52.0 Å². The summed E-state index contributed by atoms with van der Waals surface area (Å²) in [5, 5.41) is 13.1. The van der Waals surface area contributed by atoms with Crippen LogP contribution in [0.1, 0.15) is 16.3 Å². The molecule has 3 heterocycles. The highest BCUT2D eigenvalue weighted by Gasteiger charge is 2.57. The predicted octanol–water partition coefficient (Wildman–Crippen LogP) is 2.47. The Bertz CT molecular complexity index is 763. The third-order valence-corrected chi connectivity index (χ3v) is 6.30. The highest BCUT2D eigenvalue weighted by atomic mass is 32.1. The summed E-state index contributed by atoms with van der Waals surface area (Å²) in [5.74, 6) is -0.460. The van der Waals surface area contributed by atoms with Crippen LogP contribution in [0.3, 0.4) is 0 Å². The molecule has 2 atom stereocenters. The van der Waals surface area contributed by atoms with Gasteiger partial charge in [0.1, 0.15) is 0 Å². The zero-order chi connectivity index (χ0) is 17.4. The quantitative estimate of drug-likeness (QED) is 0.891. The van der Waals surface area contributed by atoms with Gasteiger partial charge in [0.2, 0.25) is 0 Å². The number of nitrogens with zero attached hydrogens (tertiary/aromatic N) is 3. The number of aliphatic carboxylic acids is 1. The molecule has 1 aromatic heterocycles. The Hall–Kier alpha value is -1.76. The second-order valence-electron chi connectivity index (χ2n) is 7.34. The Labute approximate surface area is 151 Å². The van der Waals surface area contributed by atoms with Crippen LogP contribution in [0.2, 0.25) is 0 Å². The highest BCUT2D eigenvalue weighted by molar-refractivity contribution is 7.09. The molecule has 6 heteroatoms. The smallest absolute Gasteiger partial charge is 0.312 e. The second-order valence-corrected chi connectivity index (χ2v) is 8.40. The summed E-state index contributed by atoms with van der Waals surface area (Å²) in [6.07, 6.45) is 0. The molecule has 132 valence electrons. The summed E-state index contributed by atoms with van der Waals surface area (Å²) >= 11 is 1.65. The SMILES string of the molecule is Cc1nc(CN2C[C@H]3CN(Cc4ccccc4)C[C@@]3(C(=O)O)C2)cs1. The van der Waals surface area contributed by atoms with Crippen LogP contribution in [0.4, 0.5) is 0 Å². The summed E-state index contributed by atoms with van der Waals surface area (Å²) in [5.41, 5.74) is 1.67. The van der Waals surface area contributed by atoms with E-state index in [4.69, 9.17) is 0 Å². The van der Waals surface area contributed by atoms with E-state index in [9.17, 15) is 9.90 Å². The normalized spacial score (nSPS) is 26.8. The maximum atomic E-state index is 12.1. The molecule has 0 aliphatic carbocycles. The minimum absolute atomic E-state index is 0.188. The summed E-state index contributed by atoms with van der Waals surface area (Å²) < 4.78 is 0. The van der Waals surface area contributed by atoms with Gasteiger partial charge in [0.05, 0.1) is 16.1 Å². The molecule has 4 rings (SSSR count). The number of hydrogen-bond donors (Lipinski definition) is 1. The maximum absolute atomic E-state index is 12.1. The van der Waals surface area contributed by atoms with E-state index in [-0.39, 0.29) is 5.92 Å². The van der Waals surface area contributed by atoms with E-state index in [1.165, 1.54) is 5.56 Å². The number of fused-ring (bicyclic) bond motifs is 1. The number of carboxylic acids is 1. The molecule has 0 saturated carbocycles. The molecular weight excluding hydrogens is 334 g/mol. The Kier molecular flexibility index (Phi) is 4.35. The molecular formula is C19H23N3O2S. The zero-order valence-electron chi connectivity index (χ0n) is 14.4. The van der Waals surface area contributed by atoms with Crippen LogP contribution in [0.5, 0.6) is 0 Å². The van der Waals surface area contributed by atoms with Gasteiger partial charge in [-0.25, -0.2) is 4.98 Å². The average Bonchev–Trinajstić information content (AvgIpc) is 3.21. The number of benzene rings is 1. The van der Waals surface area contributed by atoms with Crippen LogP contribution in [0, 0.1) is 18.3 Å². The fourth-order valence-corrected chi connectivity index (χ4v) is 4.97. The molecule has 1 aromatic carbocycles. The van der Waals surface area contributed by atoms with Crippen LogP contribution >= 0.6 is 11.3 Å². The first-order valence-electron chi connectivity index (χ1n) is 8.68.